The minimum absolute atomic E-state index is 0.313. The van der Waals surface area contributed by atoms with Crippen molar-refractivity contribution in [2.45, 2.75) is 57.0 Å². The zero-order valence-corrected chi connectivity index (χ0v) is 10.3. The molecule has 2 fully saturated rings. The van der Waals surface area contributed by atoms with Gasteiger partial charge in [-0.3, -0.25) is 0 Å². The van der Waals surface area contributed by atoms with Gasteiger partial charge in [-0.25, -0.2) is 0 Å². The van der Waals surface area contributed by atoms with E-state index in [-0.39, 0.29) is 0 Å². The predicted octanol–water partition coefficient (Wildman–Crippen LogP) is 1.37. The van der Waals surface area contributed by atoms with E-state index in [9.17, 15) is 0 Å². The van der Waals surface area contributed by atoms with Crippen LogP contribution >= 0.6 is 0 Å². The third-order valence-electron chi connectivity index (χ3n) is 4.14. The average molecular weight is 226 g/mol. The average Bonchev–Trinajstić information content (AvgIpc) is 2.84. The lowest BCUT2D eigenvalue weighted by atomic mass is 10.0. The summed E-state index contributed by atoms with van der Waals surface area (Å²) in [6.45, 7) is 3.85. The van der Waals surface area contributed by atoms with Gasteiger partial charge in [-0.05, 0) is 51.7 Å². The number of nitrogens with zero attached hydrogens (tertiary/aromatic N) is 1. The number of nitrogens with one attached hydrogen (secondary N) is 1. The van der Waals surface area contributed by atoms with Gasteiger partial charge in [0.1, 0.15) is 0 Å². The van der Waals surface area contributed by atoms with Crippen LogP contribution < -0.4 is 5.32 Å². The minimum atomic E-state index is 0.313. The van der Waals surface area contributed by atoms with Gasteiger partial charge in [-0.1, -0.05) is 12.8 Å². The van der Waals surface area contributed by atoms with Crippen molar-refractivity contribution in [1.29, 1.82) is 0 Å². The van der Waals surface area contributed by atoms with Crippen molar-refractivity contribution in [2.24, 2.45) is 0 Å². The second-order valence-electron chi connectivity index (χ2n) is 5.28. The minimum Gasteiger partial charge on any atom is -0.396 e. The van der Waals surface area contributed by atoms with Gasteiger partial charge in [0.2, 0.25) is 0 Å². The lowest BCUT2D eigenvalue weighted by Crippen LogP contribution is -2.46. The third-order valence-corrected chi connectivity index (χ3v) is 4.14. The standard InChI is InChI=1S/C13H26N2O/c16-11-3-8-14-12-6-9-15(10-7-12)13-4-1-2-5-13/h12-14,16H,1-11H2. The molecule has 3 nitrogen and oxygen atoms in total. The van der Waals surface area contributed by atoms with Crippen LogP contribution in [-0.2, 0) is 0 Å². The van der Waals surface area contributed by atoms with Crippen molar-refractivity contribution in [2.75, 3.05) is 26.2 Å². The molecule has 2 aliphatic rings. The normalized spacial score (nSPS) is 25.3. The molecule has 0 unspecified atom stereocenters. The maximum atomic E-state index is 8.73. The lowest BCUT2D eigenvalue weighted by molar-refractivity contribution is 0.144. The Morgan fingerprint density at radius 2 is 1.75 bits per heavy atom. The SMILES string of the molecule is OCCCNC1CCN(C2CCCC2)CC1. The summed E-state index contributed by atoms with van der Waals surface area (Å²) in [6.07, 6.45) is 9.23. The molecular weight excluding hydrogens is 200 g/mol. The van der Waals surface area contributed by atoms with E-state index in [1.54, 1.807) is 0 Å². The number of aliphatic hydroxyl groups is 1. The van der Waals surface area contributed by atoms with Gasteiger partial charge in [0, 0.05) is 18.7 Å². The Morgan fingerprint density at radius 1 is 1.06 bits per heavy atom. The number of rotatable bonds is 5. The van der Waals surface area contributed by atoms with Gasteiger partial charge in [0.25, 0.3) is 0 Å². The molecule has 1 heterocycles. The highest BCUT2D eigenvalue weighted by molar-refractivity contribution is 4.83. The van der Waals surface area contributed by atoms with E-state index < -0.39 is 0 Å². The maximum absolute atomic E-state index is 8.73. The zero-order chi connectivity index (χ0) is 11.2. The smallest absolute Gasteiger partial charge is 0.0443 e. The molecule has 1 aliphatic heterocycles. The number of aliphatic hydroxyl groups excluding tert-OH is 1. The molecule has 3 heteroatoms. The Bertz CT molecular complexity index is 184. The van der Waals surface area contributed by atoms with Crippen LogP contribution in [0, 0.1) is 0 Å². The van der Waals surface area contributed by atoms with E-state index in [0.29, 0.717) is 12.6 Å². The molecule has 0 radical (unpaired) electrons. The highest BCUT2D eigenvalue weighted by Crippen LogP contribution is 2.25. The second-order valence-corrected chi connectivity index (χ2v) is 5.28. The molecule has 1 saturated carbocycles. The van der Waals surface area contributed by atoms with E-state index in [2.05, 4.69) is 10.2 Å². The topological polar surface area (TPSA) is 35.5 Å². The van der Waals surface area contributed by atoms with E-state index in [0.717, 1.165) is 19.0 Å². The van der Waals surface area contributed by atoms with E-state index >= 15 is 0 Å². The van der Waals surface area contributed by atoms with Gasteiger partial charge < -0.3 is 15.3 Å². The summed E-state index contributed by atoms with van der Waals surface area (Å²) >= 11 is 0. The molecule has 0 spiro atoms. The summed E-state index contributed by atoms with van der Waals surface area (Å²) in [5.41, 5.74) is 0. The van der Waals surface area contributed by atoms with Crippen LogP contribution in [0.2, 0.25) is 0 Å². The Hall–Kier alpha value is -0.120. The van der Waals surface area contributed by atoms with Crippen LogP contribution in [0.15, 0.2) is 0 Å². The molecule has 0 amide bonds. The van der Waals surface area contributed by atoms with E-state index in [4.69, 9.17) is 5.11 Å². The highest BCUT2D eigenvalue weighted by Gasteiger charge is 2.26. The zero-order valence-electron chi connectivity index (χ0n) is 10.3. The van der Waals surface area contributed by atoms with Crippen molar-refractivity contribution in [3.8, 4) is 0 Å². The number of hydrogen-bond acceptors (Lipinski definition) is 3. The molecular formula is C13H26N2O. The summed E-state index contributed by atoms with van der Waals surface area (Å²) in [5.74, 6) is 0. The van der Waals surface area contributed by atoms with Gasteiger partial charge in [0.15, 0.2) is 0 Å². The van der Waals surface area contributed by atoms with Crippen LogP contribution in [0.3, 0.4) is 0 Å². The Balaban J connectivity index is 1.62. The van der Waals surface area contributed by atoms with Gasteiger partial charge in [-0.2, -0.15) is 0 Å². The molecule has 0 bridgehead atoms. The molecule has 0 atom stereocenters. The van der Waals surface area contributed by atoms with Crippen LogP contribution in [-0.4, -0.2) is 48.3 Å². The van der Waals surface area contributed by atoms with Crippen LogP contribution in [0.25, 0.3) is 0 Å². The fourth-order valence-electron chi connectivity index (χ4n) is 3.12. The summed E-state index contributed by atoms with van der Waals surface area (Å²) in [5, 5.41) is 12.3. The van der Waals surface area contributed by atoms with Crippen molar-refractivity contribution in [1.82, 2.24) is 10.2 Å². The first-order valence-electron chi connectivity index (χ1n) is 6.98. The van der Waals surface area contributed by atoms with Crippen molar-refractivity contribution >= 4 is 0 Å². The molecule has 94 valence electrons. The molecule has 1 saturated heterocycles. The largest absolute Gasteiger partial charge is 0.396 e. The number of likely N-dealkylation sites (tertiary alicyclic amines) is 1. The van der Waals surface area contributed by atoms with Crippen molar-refractivity contribution < 1.29 is 5.11 Å². The van der Waals surface area contributed by atoms with E-state index in [1.165, 1.54) is 51.6 Å². The molecule has 0 aromatic rings. The first-order chi connectivity index (χ1) is 7.90. The van der Waals surface area contributed by atoms with Crippen molar-refractivity contribution in [3.63, 3.8) is 0 Å². The molecule has 0 aromatic heterocycles. The third kappa shape index (κ3) is 3.44. The van der Waals surface area contributed by atoms with Crippen LogP contribution in [0.4, 0.5) is 0 Å². The van der Waals surface area contributed by atoms with E-state index in [1.807, 2.05) is 0 Å². The first kappa shape index (κ1) is 12.3. The summed E-state index contributed by atoms with van der Waals surface area (Å²) < 4.78 is 0. The lowest BCUT2D eigenvalue weighted by Gasteiger charge is -2.36. The molecule has 2 N–H and O–H groups in total. The summed E-state index contributed by atoms with van der Waals surface area (Å²) in [6, 6.07) is 1.60. The Morgan fingerprint density at radius 3 is 2.38 bits per heavy atom. The monoisotopic (exact) mass is 226 g/mol. The highest BCUT2D eigenvalue weighted by atomic mass is 16.3. The van der Waals surface area contributed by atoms with Crippen LogP contribution in [0.1, 0.15) is 44.9 Å². The number of piperidine rings is 1. The molecule has 2 rings (SSSR count). The van der Waals surface area contributed by atoms with Crippen LogP contribution in [0.5, 0.6) is 0 Å². The second kappa shape index (κ2) is 6.58. The molecule has 1 aliphatic carbocycles. The number of hydrogen-bond donors (Lipinski definition) is 2. The molecule has 16 heavy (non-hydrogen) atoms. The van der Waals surface area contributed by atoms with Gasteiger partial charge in [-0.15, -0.1) is 0 Å². The quantitative estimate of drug-likeness (QED) is 0.695. The fraction of sp³-hybridized carbons (Fsp3) is 1.00. The Kier molecular flexibility index (Phi) is 5.07. The summed E-state index contributed by atoms with van der Waals surface area (Å²) in [7, 11) is 0. The van der Waals surface area contributed by atoms with Gasteiger partial charge in [0.05, 0.1) is 0 Å². The molecule has 0 aromatic carbocycles. The fourth-order valence-corrected chi connectivity index (χ4v) is 3.12. The maximum Gasteiger partial charge on any atom is 0.0443 e. The van der Waals surface area contributed by atoms with Gasteiger partial charge >= 0.3 is 0 Å². The predicted molar refractivity (Wildman–Crippen MR) is 66.6 cm³/mol. The summed E-state index contributed by atoms with van der Waals surface area (Å²) in [4.78, 5) is 2.71. The van der Waals surface area contributed by atoms with Crippen molar-refractivity contribution in [3.05, 3.63) is 0 Å². The first-order valence-corrected chi connectivity index (χ1v) is 6.98. The Labute approximate surface area is 99.2 Å².